The standard InChI is InChI=1S/C17H28N4O3S/c1-3-24-12(2)16-19-13(11-25-16)10-20-4-6-21(7-5-20)17(23)15-8-14(22)9-18-15/h11-12,14-15,18,22H,3-10H2,1-2H3. The van der Waals surface area contributed by atoms with Gasteiger partial charge in [0.15, 0.2) is 0 Å². The van der Waals surface area contributed by atoms with Gasteiger partial charge in [0.1, 0.15) is 11.1 Å². The Balaban J connectivity index is 1.45. The molecule has 1 aromatic rings. The molecule has 0 saturated carbocycles. The number of nitrogens with zero attached hydrogens (tertiary/aromatic N) is 3. The van der Waals surface area contributed by atoms with Crippen LogP contribution in [0.5, 0.6) is 0 Å². The number of amides is 1. The lowest BCUT2D eigenvalue weighted by molar-refractivity contribution is -0.135. The van der Waals surface area contributed by atoms with Gasteiger partial charge in [-0.05, 0) is 20.3 Å². The van der Waals surface area contributed by atoms with Gasteiger partial charge >= 0.3 is 0 Å². The van der Waals surface area contributed by atoms with Gasteiger partial charge in [-0.25, -0.2) is 4.98 Å². The smallest absolute Gasteiger partial charge is 0.239 e. The largest absolute Gasteiger partial charge is 0.392 e. The normalized spacial score (nSPS) is 26.1. The van der Waals surface area contributed by atoms with Crippen LogP contribution < -0.4 is 5.32 Å². The molecule has 0 aliphatic carbocycles. The third-order valence-corrected chi connectivity index (χ3v) is 5.86. The molecule has 0 bridgehead atoms. The van der Waals surface area contributed by atoms with Crippen molar-refractivity contribution < 1.29 is 14.6 Å². The monoisotopic (exact) mass is 368 g/mol. The Kier molecular flexibility index (Phi) is 6.40. The van der Waals surface area contributed by atoms with Crippen LogP contribution in [0.15, 0.2) is 5.38 Å². The summed E-state index contributed by atoms with van der Waals surface area (Å²) < 4.78 is 5.59. The summed E-state index contributed by atoms with van der Waals surface area (Å²) in [7, 11) is 0. The highest BCUT2D eigenvalue weighted by Crippen LogP contribution is 2.22. The van der Waals surface area contributed by atoms with Crippen LogP contribution in [-0.2, 0) is 16.1 Å². The maximum absolute atomic E-state index is 12.5. The number of ether oxygens (including phenoxy) is 1. The van der Waals surface area contributed by atoms with Gasteiger partial charge in [-0.15, -0.1) is 11.3 Å². The molecule has 0 spiro atoms. The van der Waals surface area contributed by atoms with Gasteiger partial charge in [-0.1, -0.05) is 0 Å². The Morgan fingerprint density at radius 2 is 2.24 bits per heavy atom. The van der Waals surface area contributed by atoms with Gasteiger partial charge in [-0.2, -0.15) is 0 Å². The average Bonchev–Trinajstić information content (AvgIpc) is 3.24. The highest BCUT2D eigenvalue weighted by Gasteiger charge is 2.32. The number of hydrogen-bond donors (Lipinski definition) is 2. The van der Waals surface area contributed by atoms with Crippen molar-refractivity contribution in [3.05, 3.63) is 16.1 Å². The fourth-order valence-corrected chi connectivity index (χ4v) is 4.20. The fourth-order valence-electron chi connectivity index (χ4n) is 3.38. The number of aromatic nitrogens is 1. The first-order valence-corrected chi connectivity index (χ1v) is 9.93. The second kappa shape index (κ2) is 8.55. The Morgan fingerprint density at radius 1 is 1.48 bits per heavy atom. The van der Waals surface area contributed by atoms with Crippen molar-refractivity contribution in [2.75, 3.05) is 39.3 Å². The van der Waals surface area contributed by atoms with Crippen molar-refractivity contribution in [1.29, 1.82) is 0 Å². The summed E-state index contributed by atoms with van der Waals surface area (Å²) in [6.07, 6.45) is 0.180. The summed E-state index contributed by atoms with van der Waals surface area (Å²) >= 11 is 1.65. The van der Waals surface area contributed by atoms with E-state index in [1.807, 2.05) is 18.7 Å². The molecular weight excluding hydrogens is 340 g/mol. The summed E-state index contributed by atoms with van der Waals surface area (Å²) in [5.41, 5.74) is 1.08. The molecule has 140 valence electrons. The lowest BCUT2D eigenvalue weighted by Crippen LogP contribution is -2.52. The molecule has 3 rings (SSSR count). The Bertz CT molecular complexity index is 574. The zero-order chi connectivity index (χ0) is 17.8. The molecule has 8 heteroatoms. The number of aliphatic hydroxyl groups excluding tert-OH is 1. The number of hydrogen-bond acceptors (Lipinski definition) is 7. The molecular formula is C17H28N4O3S. The number of carbonyl (C=O) groups is 1. The summed E-state index contributed by atoms with van der Waals surface area (Å²) in [4.78, 5) is 21.4. The van der Waals surface area contributed by atoms with Crippen LogP contribution in [0.3, 0.4) is 0 Å². The predicted molar refractivity (Wildman–Crippen MR) is 96.4 cm³/mol. The van der Waals surface area contributed by atoms with Crippen LogP contribution in [0.1, 0.15) is 37.1 Å². The predicted octanol–water partition coefficient (Wildman–Crippen LogP) is 0.608. The third kappa shape index (κ3) is 4.77. The molecule has 2 N–H and O–H groups in total. The number of nitrogens with one attached hydrogen (secondary N) is 1. The molecule has 2 fully saturated rings. The van der Waals surface area contributed by atoms with Crippen molar-refractivity contribution in [2.45, 2.75) is 45.1 Å². The quantitative estimate of drug-likeness (QED) is 0.766. The molecule has 1 aromatic heterocycles. The van der Waals surface area contributed by atoms with E-state index in [-0.39, 0.29) is 18.1 Å². The van der Waals surface area contributed by atoms with E-state index in [4.69, 9.17) is 4.74 Å². The van der Waals surface area contributed by atoms with Crippen molar-refractivity contribution in [3.8, 4) is 0 Å². The van der Waals surface area contributed by atoms with E-state index in [2.05, 4.69) is 20.6 Å². The van der Waals surface area contributed by atoms with E-state index in [0.29, 0.717) is 19.6 Å². The molecule has 7 nitrogen and oxygen atoms in total. The Hall–Kier alpha value is -1.06. The number of rotatable bonds is 6. The van der Waals surface area contributed by atoms with Crippen LogP contribution in [0.25, 0.3) is 0 Å². The zero-order valence-electron chi connectivity index (χ0n) is 15.0. The van der Waals surface area contributed by atoms with E-state index in [1.54, 1.807) is 11.3 Å². The van der Waals surface area contributed by atoms with Gasteiger partial charge in [0.25, 0.3) is 0 Å². The van der Waals surface area contributed by atoms with E-state index < -0.39 is 6.10 Å². The average molecular weight is 369 g/mol. The van der Waals surface area contributed by atoms with Crippen LogP contribution in [0, 0.1) is 0 Å². The molecule has 3 unspecified atom stereocenters. The maximum atomic E-state index is 12.5. The molecule has 3 heterocycles. The highest BCUT2D eigenvalue weighted by atomic mass is 32.1. The number of thiazole rings is 1. The number of carbonyl (C=O) groups excluding carboxylic acids is 1. The first-order chi connectivity index (χ1) is 12.1. The minimum Gasteiger partial charge on any atom is -0.392 e. The summed E-state index contributed by atoms with van der Waals surface area (Å²) in [6.45, 7) is 9.24. The highest BCUT2D eigenvalue weighted by molar-refractivity contribution is 7.09. The number of piperazine rings is 1. The van der Waals surface area contributed by atoms with E-state index >= 15 is 0 Å². The SMILES string of the molecule is CCOC(C)c1nc(CN2CCN(C(=O)C3CC(O)CN3)CC2)cs1. The van der Waals surface area contributed by atoms with Crippen LogP contribution >= 0.6 is 11.3 Å². The molecule has 0 aromatic carbocycles. The molecule has 25 heavy (non-hydrogen) atoms. The van der Waals surface area contributed by atoms with Gasteiger partial charge in [0, 0.05) is 51.3 Å². The van der Waals surface area contributed by atoms with Crippen LogP contribution in [-0.4, -0.2) is 77.3 Å². The van der Waals surface area contributed by atoms with Gasteiger partial charge in [-0.3, -0.25) is 9.69 Å². The minimum absolute atomic E-state index is 0.0486. The lowest BCUT2D eigenvalue weighted by Gasteiger charge is -2.35. The molecule has 3 atom stereocenters. The molecule has 2 aliphatic rings. The van der Waals surface area contributed by atoms with Gasteiger partial charge < -0.3 is 20.1 Å². The summed E-state index contributed by atoms with van der Waals surface area (Å²) in [6, 6.07) is -0.220. The van der Waals surface area contributed by atoms with E-state index in [0.717, 1.165) is 43.4 Å². The second-order valence-electron chi connectivity index (χ2n) is 6.73. The first-order valence-electron chi connectivity index (χ1n) is 9.05. The van der Waals surface area contributed by atoms with Gasteiger partial charge in [0.2, 0.25) is 5.91 Å². The maximum Gasteiger partial charge on any atom is 0.239 e. The van der Waals surface area contributed by atoms with Crippen molar-refractivity contribution in [2.24, 2.45) is 0 Å². The second-order valence-corrected chi connectivity index (χ2v) is 7.62. The Morgan fingerprint density at radius 3 is 2.88 bits per heavy atom. The molecule has 1 amide bonds. The summed E-state index contributed by atoms with van der Waals surface area (Å²) in [5.74, 6) is 0.123. The Labute approximate surface area is 153 Å². The van der Waals surface area contributed by atoms with Crippen molar-refractivity contribution in [1.82, 2.24) is 20.1 Å². The van der Waals surface area contributed by atoms with Crippen LogP contribution in [0.4, 0.5) is 0 Å². The minimum atomic E-state index is -0.395. The van der Waals surface area contributed by atoms with E-state index in [9.17, 15) is 9.90 Å². The number of β-amino-alcohol motifs (C(OH)–C–C–N with tert-alkyl or cyclic N) is 1. The van der Waals surface area contributed by atoms with Crippen LogP contribution in [0.2, 0.25) is 0 Å². The first kappa shape index (κ1) is 18.7. The number of aliphatic hydroxyl groups is 1. The fraction of sp³-hybridized carbons (Fsp3) is 0.765. The molecule has 2 saturated heterocycles. The third-order valence-electron chi connectivity index (χ3n) is 4.81. The molecule has 2 aliphatic heterocycles. The van der Waals surface area contributed by atoms with Crippen molar-refractivity contribution in [3.63, 3.8) is 0 Å². The topological polar surface area (TPSA) is 77.9 Å². The zero-order valence-corrected chi connectivity index (χ0v) is 15.8. The van der Waals surface area contributed by atoms with Gasteiger partial charge in [0.05, 0.1) is 17.8 Å². The van der Waals surface area contributed by atoms with E-state index in [1.165, 1.54) is 0 Å². The summed E-state index contributed by atoms with van der Waals surface area (Å²) in [5, 5.41) is 15.8. The lowest BCUT2D eigenvalue weighted by atomic mass is 10.1. The van der Waals surface area contributed by atoms with Crippen molar-refractivity contribution >= 4 is 17.2 Å². The molecule has 0 radical (unpaired) electrons.